The van der Waals surface area contributed by atoms with Gasteiger partial charge in [0.1, 0.15) is 5.69 Å². The Kier molecular flexibility index (Phi) is 3.98. The van der Waals surface area contributed by atoms with E-state index in [0.717, 1.165) is 31.4 Å². The summed E-state index contributed by atoms with van der Waals surface area (Å²) in [7, 11) is 0. The summed E-state index contributed by atoms with van der Waals surface area (Å²) < 4.78 is 5.79. The summed E-state index contributed by atoms with van der Waals surface area (Å²) in [6.45, 7) is 5.79. The Hall–Kier alpha value is -1.42. The summed E-state index contributed by atoms with van der Waals surface area (Å²) in [4.78, 5) is 16.5. The Bertz CT molecular complexity index is 500. The number of aromatic nitrogens is 1. The molecule has 1 aliphatic carbocycles. The van der Waals surface area contributed by atoms with E-state index in [0.29, 0.717) is 24.3 Å². The minimum atomic E-state index is -0.0720. The van der Waals surface area contributed by atoms with E-state index >= 15 is 0 Å². The minimum Gasteiger partial charge on any atom is -0.378 e. The van der Waals surface area contributed by atoms with Gasteiger partial charge in [-0.3, -0.25) is 9.78 Å². The molecule has 0 aromatic carbocycles. The van der Waals surface area contributed by atoms with Crippen LogP contribution in [0.1, 0.15) is 61.5 Å². The van der Waals surface area contributed by atoms with Gasteiger partial charge in [-0.25, -0.2) is 0 Å². The molecule has 0 radical (unpaired) electrons. The van der Waals surface area contributed by atoms with E-state index in [-0.39, 0.29) is 11.3 Å². The van der Waals surface area contributed by atoms with Crippen LogP contribution in [0.15, 0.2) is 18.3 Å². The van der Waals surface area contributed by atoms with Gasteiger partial charge in [0, 0.05) is 24.8 Å². The van der Waals surface area contributed by atoms with Gasteiger partial charge in [0.25, 0.3) is 5.91 Å². The van der Waals surface area contributed by atoms with Crippen molar-refractivity contribution in [2.24, 2.45) is 5.41 Å². The first kappa shape index (κ1) is 14.5. The number of rotatable bonds is 4. The van der Waals surface area contributed by atoms with Gasteiger partial charge in [-0.2, -0.15) is 0 Å². The van der Waals surface area contributed by atoms with Crippen LogP contribution in [0.4, 0.5) is 0 Å². The van der Waals surface area contributed by atoms with E-state index in [1.807, 2.05) is 12.1 Å². The van der Waals surface area contributed by atoms with Crippen LogP contribution in [0.25, 0.3) is 0 Å². The minimum absolute atomic E-state index is 0.0720. The van der Waals surface area contributed by atoms with Crippen molar-refractivity contribution in [3.05, 3.63) is 29.6 Å². The van der Waals surface area contributed by atoms with Crippen LogP contribution in [0, 0.1) is 5.41 Å². The molecule has 3 rings (SSSR count). The third-order valence-corrected chi connectivity index (χ3v) is 5.03. The first-order valence-corrected chi connectivity index (χ1v) is 7.96. The third kappa shape index (κ3) is 2.82. The summed E-state index contributed by atoms with van der Waals surface area (Å²) in [5.41, 5.74) is 1.84. The largest absolute Gasteiger partial charge is 0.378 e. The normalized spacial score (nSPS) is 27.9. The highest BCUT2D eigenvalue weighted by Crippen LogP contribution is 2.46. The van der Waals surface area contributed by atoms with Gasteiger partial charge in [-0.1, -0.05) is 26.3 Å². The molecular weight excluding hydrogens is 264 g/mol. The number of hydrogen-bond acceptors (Lipinski definition) is 3. The first-order valence-electron chi connectivity index (χ1n) is 7.96. The molecule has 0 spiro atoms. The maximum atomic E-state index is 12.3. The molecule has 1 aromatic heterocycles. The Morgan fingerprint density at radius 1 is 1.48 bits per heavy atom. The van der Waals surface area contributed by atoms with Crippen molar-refractivity contribution >= 4 is 5.91 Å². The number of nitrogens with zero attached hydrogens (tertiary/aromatic N) is 1. The monoisotopic (exact) mass is 288 g/mol. The Labute approximate surface area is 126 Å². The molecule has 0 unspecified atom stereocenters. The summed E-state index contributed by atoms with van der Waals surface area (Å²) in [5.74, 6) is 0.362. The number of ether oxygens (including phenoxy) is 1. The van der Waals surface area contributed by atoms with E-state index in [9.17, 15) is 4.79 Å². The number of carbonyl (C=O) groups is 1. The summed E-state index contributed by atoms with van der Waals surface area (Å²) in [6.07, 6.45) is 6.72. The van der Waals surface area contributed by atoms with Crippen molar-refractivity contribution in [2.75, 3.05) is 13.2 Å². The zero-order valence-corrected chi connectivity index (χ0v) is 12.9. The van der Waals surface area contributed by atoms with E-state index < -0.39 is 0 Å². The molecule has 1 aliphatic heterocycles. The SMILES string of the molecule is CC(C)c1ccc(C(=O)NC[C@]23CCC[C@H]2OCC3)nc1. The van der Waals surface area contributed by atoms with Gasteiger partial charge < -0.3 is 10.1 Å². The van der Waals surface area contributed by atoms with Gasteiger partial charge in [-0.05, 0) is 36.8 Å². The fourth-order valence-corrected chi connectivity index (χ4v) is 3.58. The second-order valence-corrected chi connectivity index (χ2v) is 6.68. The maximum absolute atomic E-state index is 12.3. The molecule has 21 heavy (non-hydrogen) atoms. The molecule has 1 saturated carbocycles. The topological polar surface area (TPSA) is 51.2 Å². The zero-order chi connectivity index (χ0) is 14.9. The lowest BCUT2D eigenvalue weighted by Crippen LogP contribution is -2.40. The van der Waals surface area contributed by atoms with Crippen molar-refractivity contribution in [3.8, 4) is 0 Å². The van der Waals surface area contributed by atoms with Crippen LogP contribution in [0.5, 0.6) is 0 Å². The Morgan fingerprint density at radius 3 is 3.05 bits per heavy atom. The maximum Gasteiger partial charge on any atom is 0.269 e. The van der Waals surface area contributed by atoms with Gasteiger partial charge >= 0.3 is 0 Å². The lowest BCUT2D eigenvalue weighted by Gasteiger charge is -2.27. The first-order chi connectivity index (χ1) is 10.1. The van der Waals surface area contributed by atoms with Crippen molar-refractivity contribution < 1.29 is 9.53 Å². The fourth-order valence-electron chi connectivity index (χ4n) is 3.58. The molecule has 114 valence electrons. The number of hydrogen-bond donors (Lipinski definition) is 1. The quantitative estimate of drug-likeness (QED) is 0.927. The Balaban J connectivity index is 1.61. The predicted molar refractivity (Wildman–Crippen MR) is 81.3 cm³/mol. The summed E-state index contributed by atoms with van der Waals surface area (Å²) in [5, 5.41) is 3.07. The molecule has 1 amide bonds. The molecule has 2 heterocycles. The van der Waals surface area contributed by atoms with Crippen LogP contribution in [0.3, 0.4) is 0 Å². The molecule has 0 bridgehead atoms. The van der Waals surface area contributed by atoms with Crippen LogP contribution in [-0.2, 0) is 4.74 Å². The second kappa shape index (κ2) is 5.76. The molecule has 2 atom stereocenters. The second-order valence-electron chi connectivity index (χ2n) is 6.68. The lowest BCUT2D eigenvalue weighted by molar-refractivity contribution is 0.0668. The average Bonchev–Trinajstić information content (AvgIpc) is 3.04. The number of amides is 1. The lowest BCUT2D eigenvalue weighted by atomic mass is 9.83. The van der Waals surface area contributed by atoms with Gasteiger partial charge in [0.05, 0.1) is 6.10 Å². The molecule has 4 nitrogen and oxygen atoms in total. The van der Waals surface area contributed by atoms with E-state index in [1.54, 1.807) is 6.20 Å². The van der Waals surface area contributed by atoms with E-state index in [4.69, 9.17) is 4.74 Å². The molecule has 1 N–H and O–H groups in total. The van der Waals surface area contributed by atoms with Crippen molar-refractivity contribution in [1.29, 1.82) is 0 Å². The number of nitrogens with one attached hydrogen (secondary N) is 1. The highest BCUT2D eigenvalue weighted by atomic mass is 16.5. The van der Waals surface area contributed by atoms with E-state index in [2.05, 4.69) is 24.1 Å². The molecule has 1 saturated heterocycles. The molecule has 1 aromatic rings. The molecule has 2 aliphatic rings. The average molecular weight is 288 g/mol. The number of pyridine rings is 1. The van der Waals surface area contributed by atoms with E-state index in [1.165, 1.54) is 6.42 Å². The van der Waals surface area contributed by atoms with Gasteiger partial charge in [-0.15, -0.1) is 0 Å². The molecular formula is C17H24N2O2. The van der Waals surface area contributed by atoms with Crippen LogP contribution >= 0.6 is 0 Å². The zero-order valence-electron chi connectivity index (χ0n) is 12.9. The van der Waals surface area contributed by atoms with Crippen molar-refractivity contribution in [3.63, 3.8) is 0 Å². The van der Waals surface area contributed by atoms with Crippen LogP contribution < -0.4 is 5.32 Å². The highest BCUT2D eigenvalue weighted by Gasteiger charge is 2.47. The highest BCUT2D eigenvalue weighted by molar-refractivity contribution is 5.92. The predicted octanol–water partition coefficient (Wildman–Crippen LogP) is 2.89. The summed E-state index contributed by atoms with van der Waals surface area (Å²) >= 11 is 0. The molecule has 4 heteroatoms. The molecule has 2 fully saturated rings. The van der Waals surface area contributed by atoms with Crippen LogP contribution in [0.2, 0.25) is 0 Å². The van der Waals surface area contributed by atoms with Gasteiger partial charge in [0.2, 0.25) is 0 Å². The van der Waals surface area contributed by atoms with Crippen molar-refractivity contribution in [2.45, 2.75) is 51.6 Å². The number of fused-ring (bicyclic) bond motifs is 1. The van der Waals surface area contributed by atoms with Gasteiger partial charge in [0.15, 0.2) is 0 Å². The van der Waals surface area contributed by atoms with Crippen LogP contribution in [-0.4, -0.2) is 30.1 Å². The smallest absolute Gasteiger partial charge is 0.269 e. The third-order valence-electron chi connectivity index (χ3n) is 5.03. The fraction of sp³-hybridized carbons (Fsp3) is 0.647. The number of carbonyl (C=O) groups excluding carboxylic acids is 1. The van der Waals surface area contributed by atoms with Crippen molar-refractivity contribution in [1.82, 2.24) is 10.3 Å². The Morgan fingerprint density at radius 2 is 2.33 bits per heavy atom. The standard InChI is InChI=1S/C17H24N2O2/c1-12(2)13-5-6-14(18-10-13)16(20)19-11-17-7-3-4-15(17)21-9-8-17/h5-6,10,12,15H,3-4,7-9,11H2,1-2H3,(H,19,20)/t15-,17-/m1/s1. The summed E-state index contributed by atoms with van der Waals surface area (Å²) in [6, 6.07) is 3.81.